The van der Waals surface area contributed by atoms with Gasteiger partial charge in [0.2, 0.25) is 0 Å². The Balaban J connectivity index is 2.56. The third-order valence-electron chi connectivity index (χ3n) is 1.99. The molecule has 0 heterocycles. The zero-order chi connectivity index (χ0) is 12.7. The van der Waals surface area contributed by atoms with Gasteiger partial charge in [-0.1, -0.05) is 11.6 Å². The van der Waals surface area contributed by atoms with Crippen LogP contribution in [-0.2, 0) is 16.1 Å². The number of hydrogen-bond acceptors (Lipinski definition) is 5. The van der Waals surface area contributed by atoms with Gasteiger partial charge in [-0.3, -0.25) is 15.0 Å². The summed E-state index contributed by atoms with van der Waals surface area (Å²) in [6, 6.07) is 4.38. The van der Waals surface area contributed by atoms with Gasteiger partial charge < -0.3 is 4.74 Å². The molecule has 0 fully saturated rings. The van der Waals surface area contributed by atoms with Crippen molar-refractivity contribution in [1.82, 2.24) is 5.48 Å². The van der Waals surface area contributed by atoms with Gasteiger partial charge in [0.1, 0.15) is 0 Å². The summed E-state index contributed by atoms with van der Waals surface area (Å²) in [5.74, 6) is 0. The average Bonchev–Trinajstić information content (AvgIpc) is 2.28. The zero-order valence-corrected chi connectivity index (χ0v) is 10.1. The second-order valence-corrected chi connectivity index (χ2v) is 3.63. The highest BCUT2D eigenvalue weighted by molar-refractivity contribution is 6.30. The minimum atomic E-state index is -0.456. The molecule has 0 aliphatic rings. The van der Waals surface area contributed by atoms with Crippen molar-refractivity contribution in [2.75, 3.05) is 20.3 Å². The van der Waals surface area contributed by atoms with Crippen LogP contribution < -0.4 is 5.48 Å². The van der Waals surface area contributed by atoms with Gasteiger partial charge in [-0.25, -0.2) is 0 Å². The summed E-state index contributed by atoms with van der Waals surface area (Å²) < 4.78 is 4.78. The Morgan fingerprint density at radius 1 is 1.47 bits per heavy atom. The van der Waals surface area contributed by atoms with Gasteiger partial charge in [0.05, 0.1) is 24.7 Å². The molecule has 7 heteroatoms. The Bertz CT molecular complexity index is 387. The van der Waals surface area contributed by atoms with Gasteiger partial charge >= 0.3 is 0 Å². The Labute approximate surface area is 104 Å². The lowest BCUT2D eigenvalue weighted by molar-refractivity contribution is -0.385. The van der Waals surface area contributed by atoms with Crippen LogP contribution >= 0.6 is 11.6 Å². The van der Waals surface area contributed by atoms with Gasteiger partial charge in [0.15, 0.2) is 0 Å². The molecule has 0 unspecified atom stereocenters. The predicted molar refractivity (Wildman–Crippen MR) is 62.8 cm³/mol. The lowest BCUT2D eigenvalue weighted by atomic mass is 10.2. The molecule has 17 heavy (non-hydrogen) atoms. The van der Waals surface area contributed by atoms with Crippen molar-refractivity contribution in [2.24, 2.45) is 0 Å². The molecule has 0 spiro atoms. The fraction of sp³-hybridized carbons (Fsp3) is 0.400. The molecular weight excluding hydrogens is 248 g/mol. The minimum Gasteiger partial charge on any atom is -0.382 e. The summed E-state index contributed by atoms with van der Waals surface area (Å²) in [6.45, 7) is 1.02. The lowest BCUT2D eigenvalue weighted by Gasteiger charge is -2.06. The number of hydrogen-bond donors (Lipinski definition) is 1. The molecule has 0 saturated heterocycles. The van der Waals surface area contributed by atoms with Crippen LogP contribution in [0.3, 0.4) is 0 Å². The van der Waals surface area contributed by atoms with E-state index < -0.39 is 4.92 Å². The molecule has 6 nitrogen and oxygen atoms in total. The van der Waals surface area contributed by atoms with Crippen molar-refractivity contribution < 1.29 is 14.5 Å². The van der Waals surface area contributed by atoms with Gasteiger partial charge in [0.25, 0.3) is 5.69 Å². The summed E-state index contributed by atoms with van der Waals surface area (Å²) in [6.07, 6.45) is 0. The van der Waals surface area contributed by atoms with Crippen LogP contribution in [0.5, 0.6) is 0 Å². The van der Waals surface area contributed by atoms with E-state index in [4.69, 9.17) is 21.2 Å². The topological polar surface area (TPSA) is 73.6 Å². The van der Waals surface area contributed by atoms with Crippen molar-refractivity contribution in [1.29, 1.82) is 0 Å². The SMILES string of the molecule is COCCONCc1cc(Cl)ccc1[N+](=O)[O-]. The third-order valence-corrected chi connectivity index (χ3v) is 2.23. The monoisotopic (exact) mass is 260 g/mol. The minimum absolute atomic E-state index is 0.0113. The first-order chi connectivity index (χ1) is 8.15. The van der Waals surface area contributed by atoms with E-state index in [1.165, 1.54) is 18.2 Å². The number of hydroxylamine groups is 1. The quantitative estimate of drug-likeness (QED) is 0.461. The number of rotatable bonds is 7. The zero-order valence-electron chi connectivity index (χ0n) is 9.31. The second-order valence-electron chi connectivity index (χ2n) is 3.19. The molecule has 0 atom stereocenters. The lowest BCUT2D eigenvalue weighted by Crippen LogP contribution is -2.17. The first-order valence-corrected chi connectivity index (χ1v) is 5.29. The molecule has 1 N–H and O–H groups in total. The summed E-state index contributed by atoms with van der Waals surface area (Å²) >= 11 is 5.77. The molecule has 1 aromatic carbocycles. The summed E-state index contributed by atoms with van der Waals surface area (Å²) in [4.78, 5) is 15.3. The van der Waals surface area contributed by atoms with Crippen molar-refractivity contribution in [3.63, 3.8) is 0 Å². The Kier molecular flexibility index (Phi) is 5.85. The van der Waals surface area contributed by atoms with Crippen LogP contribution in [-0.4, -0.2) is 25.2 Å². The number of benzene rings is 1. The highest BCUT2D eigenvalue weighted by Gasteiger charge is 2.13. The fourth-order valence-corrected chi connectivity index (χ4v) is 1.39. The van der Waals surface area contributed by atoms with Crippen molar-refractivity contribution in [3.8, 4) is 0 Å². The van der Waals surface area contributed by atoms with E-state index in [-0.39, 0.29) is 12.2 Å². The highest BCUT2D eigenvalue weighted by Crippen LogP contribution is 2.22. The van der Waals surface area contributed by atoms with Gasteiger partial charge in [-0.05, 0) is 12.1 Å². The molecule has 94 valence electrons. The van der Waals surface area contributed by atoms with E-state index in [0.29, 0.717) is 23.8 Å². The van der Waals surface area contributed by atoms with Crippen LogP contribution in [0.15, 0.2) is 18.2 Å². The van der Waals surface area contributed by atoms with Gasteiger partial charge in [0, 0.05) is 23.8 Å². The summed E-state index contributed by atoms with van der Waals surface area (Å²) in [5.41, 5.74) is 3.10. The highest BCUT2D eigenvalue weighted by atomic mass is 35.5. The van der Waals surface area contributed by atoms with E-state index in [9.17, 15) is 10.1 Å². The Morgan fingerprint density at radius 3 is 2.88 bits per heavy atom. The number of halogens is 1. The van der Waals surface area contributed by atoms with E-state index in [1.54, 1.807) is 7.11 Å². The first-order valence-electron chi connectivity index (χ1n) is 4.91. The molecule has 0 amide bonds. The number of ether oxygens (including phenoxy) is 1. The van der Waals surface area contributed by atoms with Gasteiger partial charge in [-0.15, -0.1) is 0 Å². The maximum Gasteiger partial charge on any atom is 0.274 e. The van der Waals surface area contributed by atoms with Crippen LogP contribution in [0.25, 0.3) is 0 Å². The smallest absolute Gasteiger partial charge is 0.274 e. The fourth-order valence-electron chi connectivity index (χ4n) is 1.20. The number of nitrogens with one attached hydrogen (secondary N) is 1. The van der Waals surface area contributed by atoms with Gasteiger partial charge in [-0.2, -0.15) is 5.48 Å². The van der Waals surface area contributed by atoms with E-state index in [1.807, 2.05) is 0 Å². The normalized spacial score (nSPS) is 10.5. The molecule has 0 radical (unpaired) electrons. The van der Waals surface area contributed by atoms with Crippen molar-refractivity contribution in [3.05, 3.63) is 38.9 Å². The predicted octanol–water partition coefficient (Wildman–Crippen LogP) is 1.92. The van der Waals surface area contributed by atoms with Crippen LogP contribution in [0.4, 0.5) is 5.69 Å². The Morgan fingerprint density at radius 2 is 2.24 bits per heavy atom. The average molecular weight is 261 g/mol. The molecule has 0 aliphatic heterocycles. The van der Waals surface area contributed by atoms with Crippen molar-refractivity contribution >= 4 is 17.3 Å². The van der Waals surface area contributed by atoms with E-state index in [2.05, 4.69) is 5.48 Å². The van der Waals surface area contributed by atoms with Crippen molar-refractivity contribution in [2.45, 2.75) is 6.54 Å². The van der Waals surface area contributed by atoms with E-state index in [0.717, 1.165) is 0 Å². The standard InChI is InChI=1S/C10H13ClN2O4/c1-16-4-5-17-12-7-8-6-9(11)2-3-10(8)13(14)15/h2-3,6,12H,4-5,7H2,1H3. The second kappa shape index (κ2) is 7.18. The largest absolute Gasteiger partial charge is 0.382 e. The molecule has 0 saturated carbocycles. The molecule has 0 aromatic heterocycles. The van der Waals surface area contributed by atoms with E-state index >= 15 is 0 Å². The number of nitro groups is 1. The third kappa shape index (κ3) is 4.66. The molecule has 1 rings (SSSR count). The number of methoxy groups -OCH3 is 1. The van der Waals surface area contributed by atoms with Crippen LogP contribution in [0.2, 0.25) is 5.02 Å². The maximum absolute atomic E-state index is 10.7. The van der Waals surface area contributed by atoms with Crippen LogP contribution in [0, 0.1) is 10.1 Å². The Hall–Kier alpha value is -1.21. The maximum atomic E-state index is 10.7. The molecule has 0 bridgehead atoms. The molecular formula is C10H13ClN2O4. The molecule has 1 aromatic rings. The number of nitro benzene ring substituents is 1. The summed E-state index contributed by atoms with van der Waals surface area (Å²) in [7, 11) is 1.56. The summed E-state index contributed by atoms with van der Waals surface area (Å²) in [5, 5.41) is 11.2. The molecule has 0 aliphatic carbocycles. The first kappa shape index (κ1) is 13.9. The number of nitrogens with zero attached hydrogens (tertiary/aromatic N) is 1. The van der Waals surface area contributed by atoms with Crippen LogP contribution in [0.1, 0.15) is 5.56 Å².